The molecule has 2 N–H and O–H groups in total. The molecule has 4 rings (SSSR count). The first-order valence-corrected chi connectivity index (χ1v) is 21.0. The highest BCUT2D eigenvalue weighted by atomic mass is 16.5. The van der Waals surface area contributed by atoms with Crippen molar-refractivity contribution < 1.29 is 19.7 Å². The molecule has 0 aromatic heterocycles. The first-order chi connectivity index (χ1) is 26.8. The van der Waals surface area contributed by atoms with E-state index in [9.17, 15) is 10.2 Å². The molecule has 4 aromatic rings. The summed E-state index contributed by atoms with van der Waals surface area (Å²) in [4.78, 5) is 2.56. The molecule has 0 aliphatic carbocycles. The maximum atomic E-state index is 10.7. The second kappa shape index (κ2) is 25.6. The Morgan fingerprint density at radius 2 is 1.11 bits per heavy atom. The lowest BCUT2D eigenvalue weighted by molar-refractivity contribution is -0.0668. The van der Waals surface area contributed by atoms with Gasteiger partial charge in [-0.3, -0.25) is 4.90 Å². The van der Waals surface area contributed by atoms with Gasteiger partial charge >= 0.3 is 0 Å². The van der Waals surface area contributed by atoms with Crippen LogP contribution < -0.4 is 0 Å². The van der Waals surface area contributed by atoms with Gasteiger partial charge in [-0.15, -0.1) is 0 Å². The smallest absolute Gasteiger partial charge is 0.0824 e. The van der Waals surface area contributed by atoms with Gasteiger partial charge in [0.1, 0.15) is 0 Å². The Morgan fingerprint density at radius 3 is 1.64 bits per heavy atom. The predicted octanol–water partition coefficient (Wildman–Crippen LogP) is 11.3. The number of rotatable bonds is 27. The molecule has 0 heterocycles. The van der Waals surface area contributed by atoms with E-state index in [2.05, 4.69) is 160 Å². The van der Waals surface area contributed by atoms with Crippen molar-refractivity contribution in [2.45, 2.75) is 142 Å². The van der Waals surface area contributed by atoms with Crippen molar-refractivity contribution in [3.8, 4) is 0 Å². The molecule has 0 fully saturated rings. The minimum Gasteiger partial charge on any atom is -0.390 e. The molecule has 0 bridgehead atoms. The van der Waals surface area contributed by atoms with E-state index in [-0.39, 0.29) is 24.2 Å². The van der Waals surface area contributed by atoms with E-state index in [1.54, 1.807) is 0 Å². The van der Waals surface area contributed by atoms with Gasteiger partial charge in [-0.25, -0.2) is 0 Å². The normalized spacial score (nSPS) is 15.8. The van der Waals surface area contributed by atoms with Crippen molar-refractivity contribution in [1.29, 1.82) is 0 Å². The van der Waals surface area contributed by atoms with Crippen molar-refractivity contribution in [3.05, 3.63) is 156 Å². The fourth-order valence-corrected chi connectivity index (χ4v) is 7.35. The first-order valence-electron chi connectivity index (χ1n) is 21.0. The van der Waals surface area contributed by atoms with Crippen LogP contribution in [0.3, 0.4) is 0 Å². The van der Waals surface area contributed by atoms with Gasteiger partial charge in [0.25, 0.3) is 0 Å². The molecule has 0 amide bonds. The van der Waals surface area contributed by atoms with Gasteiger partial charge in [0, 0.05) is 25.6 Å². The van der Waals surface area contributed by atoms with Crippen LogP contribution in [0.15, 0.2) is 133 Å². The lowest BCUT2D eigenvalue weighted by Gasteiger charge is -2.36. The minimum absolute atomic E-state index is 0.0254. The van der Waals surface area contributed by atoms with Gasteiger partial charge in [-0.2, -0.15) is 0 Å². The summed E-state index contributed by atoms with van der Waals surface area (Å²) in [6.07, 6.45) is 11.5. The molecule has 4 aromatic carbocycles. The zero-order chi connectivity index (χ0) is 39.1. The van der Waals surface area contributed by atoms with Gasteiger partial charge < -0.3 is 19.7 Å². The van der Waals surface area contributed by atoms with Crippen LogP contribution in [0, 0.1) is 11.8 Å². The summed E-state index contributed by atoms with van der Waals surface area (Å²) in [5, 5.41) is 21.3. The fraction of sp³-hybridized carbons (Fsp3) is 0.480. The van der Waals surface area contributed by atoms with E-state index >= 15 is 0 Å². The van der Waals surface area contributed by atoms with Crippen LogP contribution in [0.25, 0.3) is 0 Å². The third kappa shape index (κ3) is 17.0. The fourth-order valence-electron chi connectivity index (χ4n) is 7.35. The van der Waals surface area contributed by atoms with E-state index in [0.717, 1.165) is 64.5 Å². The molecule has 0 saturated heterocycles. The number of allylic oxidation sites excluding steroid dienone is 2. The van der Waals surface area contributed by atoms with E-state index < -0.39 is 12.2 Å². The predicted molar refractivity (Wildman–Crippen MR) is 228 cm³/mol. The van der Waals surface area contributed by atoms with Crippen molar-refractivity contribution >= 4 is 0 Å². The average molecular weight is 748 g/mol. The highest BCUT2D eigenvalue weighted by Crippen LogP contribution is 2.25. The topological polar surface area (TPSA) is 62.2 Å². The van der Waals surface area contributed by atoms with Crippen LogP contribution in [0.5, 0.6) is 0 Å². The van der Waals surface area contributed by atoms with E-state index in [1.165, 1.54) is 22.3 Å². The largest absolute Gasteiger partial charge is 0.390 e. The molecule has 7 atom stereocenters. The van der Waals surface area contributed by atoms with Gasteiger partial charge in [0.05, 0.1) is 37.6 Å². The lowest BCUT2D eigenvalue weighted by Crippen LogP contribution is -2.43. The summed E-state index contributed by atoms with van der Waals surface area (Å²) in [5.41, 5.74) is 4.93. The van der Waals surface area contributed by atoms with E-state index in [4.69, 9.17) is 9.47 Å². The highest BCUT2D eigenvalue weighted by molar-refractivity contribution is 5.18. The van der Waals surface area contributed by atoms with Crippen LogP contribution in [-0.4, -0.2) is 45.6 Å². The van der Waals surface area contributed by atoms with Gasteiger partial charge in [0.2, 0.25) is 0 Å². The quantitative estimate of drug-likeness (QED) is 0.0470. The van der Waals surface area contributed by atoms with Crippen molar-refractivity contribution in [1.82, 2.24) is 4.90 Å². The summed E-state index contributed by atoms with van der Waals surface area (Å²) in [5.74, 6) is 0.428. The van der Waals surface area contributed by atoms with Crippen molar-refractivity contribution in [2.75, 3.05) is 0 Å². The molecule has 0 spiro atoms. The van der Waals surface area contributed by atoms with Crippen LogP contribution in [0.2, 0.25) is 0 Å². The van der Waals surface area contributed by atoms with E-state index in [0.29, 0.717) is 25.6 Å². The molecule has 0 radical (unpaired) electrons. The molecule has 0 unspecified atom stereocenters. The zero-order valence-corrected chi connectivity index (χ0v) is 34.1. The molecule has 0 aliphatic heterocycles. The monoisotopic (exact) mass is 748 g/mol. The molecular formula is C50H69NO4. The Hall–Kier alpha value is -3.58. The summed E-state index contributed by atoms with van der Waals surface area (Å²) < 4.78 is 13.7. The van der Waals surface area contributed by atoms with E-state index in [1.807, 2.05) is 6.07 Å². The van der Waals surface area contributed by atoms with Crippen molar-refractivity contribution in [2.24, 2.45) is 11.8 Å². The summed E-state index contributed by atoms with van der Waals surface area (Å²) in [7, 11) is 0. The third-order valence-corrected chi connectivity index (χ3v) is 10.9. The molecule has 0 saturated carbocycles. The maximum Gasteiger partial charge on any atom is 0.0824 e. The summed E-state index contributed by atoms with van der Waals surface area (Å²) >= 11 is 0. The number of nitrogens with zero attached hydrogens (tertiary/aromatic N) is 1. The molecule has 5 nitrogen and oxygen atoms in total. The molecule has 0 aliphatic rings. The number of ether oxygens (including phenoxy) is 2. The molecule has 5 heteroatoms. The molecule has 55 heavy (non-hydrogen) atoms. The minimum atomic E-state index is -0.673. The number of hydrogen-bond acceptors (Lipinski definition) is 5. The standard InChI is InChI=1S/C50H69NO4/c1-5-6-24-41(3)50(53)48(52)34-40(2)23-13-7-8-22-33-47(54-38-45-29-18-11-19-30-45)35-49(55-39-46-31-20-12-21-32-46)42(4)51(36-43-25-14-9-15-26-43)37-44-27-16-10-17-28-44/h7,9-21,25-32,40-42,47-50,52-53H,5-6,8,22-24,33-39H2,1-4H3/b13-7-/t40-,41+,42-,47+,48-,49-,50+/m0/s1. The SMILES string of the molecule is CCCC[C@@H](C)[C@@H](O)[C@@H](O)C[C@@H](C)C/C=C\CCC[C@H](C[C@H](OCc1ccccc1)[C@H](C)N(Cc1ccccc1)Cc1ccccc1)OCc1ccccc1. The first kappa shape index (κ1) is 44.1. The summed E-state index contributed by atoms with van der Waals surface area (Å²) in [6.45, 7) is 11.5. The Bertz CT molecular complexity index is 1510. The zero-order valence-electron chi connectivity index (χ0n) is 34.1. The Balaban J connectivity index is 1.44. The average Bonchev–Trinajstić information content (AvgIpc) is 3.22. The highest BCUT2D eigenvalue weighted by Gasteiger charge is 2.29. The van der Waals surface area contributed by atoms with Crippen LogP contribution >= 0.6 is 0 Å². The number of unbranched alkanes of at least 4 members (excludes halogenated alkanes) is 2. The number of hydrogen-bond donors (Lipinski definition) is 2. The van der Waals surface area contributed by atoms with Crippen LogP contribution in [0.1, 0.15) is 108 Å². The summed E-state index contributed by atoms with van der Waals surface area (Å²) in [6, 6.07) is 42.6. The van der Waals surface area contributed by atoms with Crippen LogP contribution in [0.4, 0.5) is 0 Å². The van der Waals surface area contributed by atoms with Gasteiger partial charge in [-0.05, 0) is 79.5 Å². The third-order valence-electron chi connectivity index (χ3n) is 10.9. The Labute approximate surface area is 333 Å². The molecule has 298 valence electrons. The Kier molecular flexibility index (Phi) is 20.5. The Morgan fingerprint density at radius 1 is 0.600 bits per heavy atom. The number of aliphatic hydroxyl groups excluding tert-OH is 2. The van der Waals surface area contributed by atoms with Gasteiger partial charge in [0.15, 0.2) is 0 Å². The second-order valence-electron chi connectivity index (χ2n) is 15.8. The molecular weight excluding hydrogens is 679 g/mol. The second-order valence-corrected chi connectivity index (χ2v) is 15.8. The van der Waals surface area contributed by atoms with Crippen LogP contribution in [-0.2, 0) is 35.8 Å². The maximum absolute atomic E-state index is 10.7. The number of benzene rings is 4. The lowest BCUT2D eigenvalue weighted by atomic mass is 9.89. The number of aliphatic hydroxyl groups is 2. The van der Waals surface area contributed by atoms with Crippen molar-refractivity contribution in [3.63, 3.8) is 0 Å². The van der Waals surface area contributed by atoms with Gasteiger partial charge in [-0.1, -0.05) is 167 Å².